The van der Waals surface area contributed by atoms with Gasteiger partial charge in [-0.2, -0.15) is 0 Å². The third-order valence-electron chi connectivity index (χ3n) is 3.56. The summed E-state index contributed by atoms with van der Waals surface area (Å²) in [5, 5.41) is 1.81. The molecule has 1 aromatic heterocycles. The molecule has 0 spiro atoms. The summed E-state index contributed by atoms with van der Waals surface area (Å²) in [6, 6.07) is 19.5. The third kappa shape index (κ3) is 2.98. The zero-order valence-corrected chi connectivity index (χ0v) is 12.5. The van der Waals surface area contributed by atoms with Gasteiger partial charge in [-0.05, 0) is 0 Å². The van der Waals surface area contributed by atoms with Crippen LogP contribution in [0.1, 0.15) is 5.82 Å². The average Bonchev–Trinajstić information content (AvgIpc) is 3.08. The second kappa shape index (κ2) is 6.11. The van der Waals surface area contributed by atoms with Crippen LogP contribution in [-0.4, -0.2) is 16.1 Å². The van der Waals surface area contributed by atoms with Gasteiger partial charge in [0.25, 0.3) is 0 Å². The summed E-state index contributed by atoms with van der Waals surface area (Å²) in [5.41, 5.74) is 0. The predicted molar refractivity (Wildman–Crippen MR) is 86.9 cm³/mol. The molecule has 0 saturated heterocycles. The Morgan fingerprint density at radius 3 is 1.95 bits per heavy atom. The second-order valence-electron chi connectivity index (χ2n) is 4.92. The number of rotatable bonds is 5. The van der Waals surface area contributed by atoms with Crippen LogP contribution in [0.15, 0.2) is 73.1 Å². The van der Waals surface area contributed by atoms with Gasteiger partial charge in [-0.1, -0.05) is 60.7 Å². The molecule has 0 aliphatic heterocycles. The molecule has 0 saturated carbocycles. The smallest absolute Gasteiger partial charge is 0.143 e. The number of nitrogens with zero attached hydrogens (tertiary/aromatic N) is 1. The molecule has 4 heteroatoms. The Morgan fingerprint density at radius 1 is 0.905 bits per heavy atom. The molecule has 3 nitrogen and oxygen atoms in total. The number of aryl methyl sites for hydroxylation is 1. The van der Waals surface area contributed by atoms with E-state index < -0.39 is 7.14 Å². The van der Waals surface area contributed by atoms with E-state index in [0.717, 1.165) is 16.4 Å². The van der Waals surface area contributed by atoms with Crippen molar-refractivity contribution in [1.82, 2.24) is 9.97 Å². The Hall–Kier alpha value is -2.12. The lowest BCUT2D eigenvalue weighted by Crippen LogP contribution is -2.19. The van der Waals surface area contributed by atoms with Crippen molar-refractivity contribution in [3.05, 3.63) is 78.9 Å². The van der Waals surface area contributed by atoms with Crippen LogP contribution in [-0.2, 0) is 11.0 Å². The number of hydrogen-bond acceptors (Lipinski definition) is 2. The lowest BCUT2D eigenvalue weighted by atomic mass is 10.4. The maximum atomic E-state index is 13.7. The van der Waals surface area contributed by atoms with E-state index in [1.807, 2.05) is 60.7 Å². The van der Waals surface area contributed by atoms with Gasteiger partial charge >= 0.3 is 0 Å². The Labute approximate surface area is 124 Å². The summed E-state index contributed by atoms with van der Waals surface area (Å²) in [6.45, 7) is 0. The van der Waals surface area contributed by atoms with Crippen LogP contribution >= 0.6 is 7.14 Å². The molecule has 0 unspecified atom stereocenters. The van der Waals surface area contributed by atoms with Crippen LogP contribution in [0.4, 0.5) is 0 Å². The van der Waals surface area contributed by atoms with Gasteiger partial charge in [-0.25, -0.2) is 4.98 Å². The fourth-order valence-corrected chi connectivity index (χ4v) is 5.09. The fraction of sp³-hybridized carbons (Fsp3) is 0.118. The van der Waals surface area contributed by atoms with E-state index >= 15 is 0 Å². The molecular weight excluding hydrogens is 279 g/mol. The van der Waals surface area contributed by atoms with Gasteiger partial charge in [-0.3, -0.25) is 0 Å². The molecule has 2 aromatic carbocycles. The van der Waals surface area contributed by atoms with E-state index in [1.54, 1.807) is 12.4 Å². The number of aromatic amines is 1. The normalized spacial score (nSPS) is 11.4. The molecule has 0 radical (unpaired) electrons. The fourth-order valence-electron chi connectivity index (χ4n) is 2.44. The summed E-state index contributed by atoms with van der Waals surface area (Å²) < 4.78 is 13.7. The summed E-state index contributed by atoms with van der Waals surface area (Å²) in [7, 11) is -2.63. The number of hydrogen-bond donors (Lipinski definition) is 1. The summed E-state index contributed by atoms with van der Waals surface area (Å²) in [6.07, 6.45) is 4.78. The van der Waals surface area contributed by atoms with Gasteiger partial charge in [0.1, 0.15) is 13.0 Å². The quantitative estimate of drug-likeness (QED) is 0.736. The number of imidazole rings is 1. The first kappa shape index (κ1) is 13.8. The first-order valence-electron chi connectivity index (χ1n) is 6.97. The predicted octanol–water partition coefficient (Wildman–Crippen LogP) is 2.97. The average molecular weight is 296 g/mol. The van der Waals surface area contributed by atoms with Crippen LogP contribution in [0.25, 0.3) is 0 Å². The first-order valence-corrected chi connectivity index (χ1v) is 8.87. The van der Waals surface area contributed by atoms with Crippen molar-refractivity contribution >= 4 is 17.8 Å². The van der Waals surface area contributed by atoms with Crippen LogP contribution in [0.5, 0.6) is 0 Å². The lowest BCUT2D eigenvalue weighted by Gasteiger charge is -2.18. The highest BCUT2D eigenvalue weighted by Crippen LogP contribution is 2.43. The maximum absolute atomic E-state index is 13.7. The SMILES string of the molecule is O=P(CCc1ncc[nH]1)(c1ccccc1)c1ccccc1. The summed E-state index contributed by atoms with van der Waals surface area (Å²) >= 11 is 0. The van der Waals surface area contributed by atoms with Gasteiger partial charge in [0.15, 0.2) is 0 Å². The van der Waals surface area contributed by atoms with Crippen LogP contribution in [0, 0.1) is 0 Å². The lowest BCUT2D eigenvalue weighted by molar-refractivity contribution is 0.586. The topological polar surface area (TPSA) is 45.8 Å². The van der Waals surface area contributed by atoms with Gasteiger partial charge in [0.05, 0.1) is 0 Å². The van der Waals surface area contributed by atoms with E-state index in [-0.39, 0.29) is 0 Å². The molecule has 3 aromatic rings. The van der Waals surface area contributed by atoms with E-state index in [1.165, 1.54) is 0 Å². The van der Waals surface area contributed by atoms with Crippen molar-refractivity contribution in [3.8, 4) is 0 Å². The number of aromatic nitrogens is 2. The minimum atomic E-state index is -2.63. The molecule has 106 valence electrons. The summed E-state index contributed by atoms with van der Waals surface area (Å²) in [5.74, 6) is 0.877. The first-order chi connectivity index (χ1) is 10.3. The zero-order valence-electron chi connectivity index (χ0n) is 11.6. The Balaban J connectivity index is 1.97. The van der Waals surface area contributed by atoms with Gasteiger partial charge in [0, 0.05) is 35.6 Å². The zero-order chi connectivity index (χ0) is 14.5. The molecule has 1 heterocycles. The molecule has 0 aliphatic rings. The Bertz CT molecular complexity index is 681. The molecule has 0 bridgehead atoms. The van der Waals surface area contributed by atoms with E-state index in [0.29, 0.717) is 12.6 Å². The third-order valence-corrected chi connectivity index (χ3v) is 6.68. The summed E-state index contributed by atoms with van der Waals surface area (Å²) in [4.78, 5) is 7.31. The van der Waals surface area contributed by atoms with Gasteiger partial charge < -0.3 is 9.55 Å². The van der Waals surface area contributed by atoms with Gasteiger partial charge in [0.2, 0.25) is 0 Å². The molecular formula is C17H17N2OP. The van der Waals surface area contributed by atoms with E-state index in [4.69, 9.17) is 0 Å². The number of nitrogens with one attached hydrogen (secondary N) is 1. The van der Waals surface area contributed by atoms with E-state index in [2.05, 4.69) is 9.97 Å². The van der Waals surface area contributed by atoms with Crippen LogP contribution in [0.3, 0.4) is 0 Å². The van der Waals surface area contributed by atoms with Crippen molar-refractivity contribution < 1.29 is 4.57 Å². The molecule has 0 atom stereocenters. The minimum Gasteiger partial charge on any atom is -0.349 e. The largest absolute Gasteiger partial charge is 0.349 e. The molecule has 1 N–H and O–H groups in total. The molecule has 0 aliphatic carbocycles. The van der Waals surface area contributed by atoms with Crippen molar-refractivity contribution in [1.29, 1.82) is 0 Å². The number of H-pyrrole nitrogens is 1. The Morgan fingerprint density at radius 2 is 1.48 bits per heavy atom. The van der Waals surface area contributed by atoms with Crippen molar-refractivity contribution in [2.75, 3.05) is 6.16 Å². The van der Waals surface area contributed by atoms with E-state index in [9.17, 15) is 4.57 Å². The highest BCUT2D eigenvalue weighted by Gasteiger charge is 2.26. The Kier molecular flexibility index (Phi) is 4.03. The van der Waals surface area contributed by atoms with Crippen LogP contribution in [0.2, 0.25) is 0 Å². The van der Waals surface area contributed by atoms with Crippen molar-refractivity contribution in [2.45, 2.75) is 6.42 Å². The minimum absolute atomic E-state index is 0.578. The maximum Gasteiger partial charge on any atom is 0.143 e. The second-order valence-corrected chi connectivity index (χ2v) is 7.88. The molecule has 0 fully saturated rings. The molecule has 3 rings (SSSR count). The highest BCUT2D eigenvalue weighted by molar-refractivity contribution is 7.78. The molecule has 0 amide bonds. The molecule has 21 heavy (non-hydrogen) atoms. The number of benzene rings is 2. The van der Waals surface area contributed by atoms with Crippen molar-refractivity contribution in [2.24, 2.45) is 0 Å². The van der Waals surface area contributed by atoms with Gasteiger partial charge in [-0.15, -0.1) is 0 Å². The van der Waals surface area contributed by atoms with Crippen molar-refractivity contribution in [3.63, 3.8) is 0 Å². The van der Waals surface area contributed by atoms with Crippen LogP contribution < -0.4 is 10.6 Å². The standard InChI is InChI=1S/C17H17N2OP/c20-21(15-7-3-1-4-8-15,16-9-5-2-6-10-16)14-11-17-18-12-13-19-17/h1-10,12-13H,11,14H2,(H,18,19). The monoisotopic (exact) mass is 296 g/mol. The highest BCUT2D eigenvalue weighted by atomic mass is 31.2.